The fourth-order valence-electron chi connectivity index (χ4n) is 5.40. The summed E-state index contributed by atoms with van der Waals surface area (Å²) < 4.78 is 17.4. The van der Waals surface area contributed by atoms with Crippen LogP contribution in [0.2, 0.25) is 0 Å². The number of methoxy groups -OCH3 is 2. The zero-order chi connectivity index (χ0) is 24.1. The van der Waals surface area contributed by atoms with Crippen LogP contribution in [0.15, 0.2) is 36.4 Å². The Balaban J connectivity index is 1.55. The number of rotatable bonds is 9. The van der Waals surface area contributed by atoms with Gasteiger partial charge >= 0.3 is 0 Å². The molecule has 1 fully saturated rings. The van der Waals surface area contributed by atoms with E-state index in [1.807, 2.05) is 23.1 Å². The second-order valence-electron chi connectivity index (χ2n) is 9.98. The van der Waals surface area contributed by atoms with E-state index in [-0.39, 0.29) is 11.9 Å². The van der Waals surface area contributed by atoms with Crippen LogP contribution in [-0.4, -0.2) is 38.2 Å². The molecule has 5 nitrogen and oxygen atoms in total. The molecule has 0 bridgehead atoms. The monoisotopic (exact) mass is 465 g/mol. The Morgan fingerprint density at radius 3 is 2.35 bits per heavy atom. The van der Waals surface area contributed by atoms with E-state index < -0.39 is 0 Å². The zero-order valence-corrected chi connectivity index (χ0v) is 21.1. The topological polar surface area (TPSA) is 48.0 Å². The summed E-state index contributed by atoms with van der Waals surface area (Å²) in [4.78, 5) is 15.4. The van der Waals surface area contributed by atoms with Crippen LogP contribution in [0, 0.1) is 5.92 Å². The molecule has 1 aliphatic heterocycles. The molecule has 184 valence electrons. The largest absolute Gasteiger partial charge is 0.493 e. The first-order valence-electron chi connectivity index (χ1n) is 12.8. The molecule has 1 amide bonds. The molecule has 1 unspecified atom stereocenters. The molecular weight excluding hydrogens is 426 g/mol. The Kier molecular flexibility index (Phi) is 8.02. The first-order chi connectivity index (χ1) is 16.5. The summed E-state index contributed by atoms with van der Waals surface area (Å²) >= 11 is 0. The Hall–Kier alpha value is -2.69. The molecule has 1 heterocycles. The smallest absolute Gasteiger partial charge is 0.223 e. The second-order valence-corrected chi connectivity index (χ2v) is 9.98. The van der Waals surface area contributed by atoms with Crippen molar-refractivity contribution >= 4 is 5.91 Å². The molecule has 2 aromatic carbocycles. The molecule has 0 saturated heterocycles. The summed E-state index contributed by atoms with van der Waals surface area (Å²) in [6.45, 7) is 5.49. The van der Waals surface area contributed by atoms with Crippen LogP contribution in [0.1, 0.15) is 81.0 Å². The van der Waals surface area contributed by atoms with Gasteiger partial charge < -0.3 is 19.1 Å². The van der Waals surface area contributed by atoms with Crippen LogP contribution in [0.5, 0.6) is 17.2 Å². The normalized spacial score (nSPS) is 18.1. The van der Waals surface area contributed by atoms with Crippen LogP contribution in [0.3, 0.4) is 0 Å². The summed E-state index contributed by atoms with van der Waals surface area (Å²) in [5.74, 6) is 3.67. The van der Waals surface area contributed by atoms with Gasteiger partial charge in [0, 0.05) is 13.0 Å². The minimum Gasteiger partial charge on any atom is -0.493 e. The van der Waals surface area contributed by atoms with Gasteiger partial charge in [0.2, 0.25) is 5.91 Å². The van der Waals surface area contributed by atoms with Gasteiger partial charge in [-0.3, -0.25) is 4.79 Å². The van der Waals surface area contributed by atoms with Gasteiger partial charge in [0.15, 0.2) is 11.5 Å². The number of fused-ring (bicyclic) bond motifs is 1. The molecule has 0 spiro atoms. The number of hydrogen-bond donors (Lipinski definition) is 0. The van der Waals surface area contributed by atoms with Crippen molar-refractivity contribution in [3.63, 3.8) is 0 Å². The Morgan fingerprint density at radius 1 is 1.03 bits per heavy atom. The van der Waals surface area contributed by atoms with Gasteiger partial charge in [0.05, 0.1) is 20.3 Å². The van der Waals surface area contributed by atoms with Crippen molar-refractivity contribution in [1.29, 1.82) is 0 Å². The third-order valence-electron chi connectivity index (χ3n) is 7.52. The Labute approximate surface area is 204 Å². The summed E-state index contributed by atoms with van der Waals surface area (Å²) in [5.41, 5.74) is 3.58. The minimum absolute atomic E-state index is 0.149. The molecule has 5 heteroatoms. The van der Waals surface area contributed by atoms with Crippen molar-refractivity contribution in [2.75, 3.05) is 27.4 Å². The molecule has 2 aliphatic rings. The van der Waals surface area contributed by atoms with Crippen molar-refractivity contribution in [1.82, 2.24) is 4.90 Å². The number of nitrogens with zero attached hydrogens (tertiary/aromatic N) is 1. The highest BCUT2D eigenvalue weighted by molar-refractivity contribution is 5.77. The zero-order valence-electron chi connectivity index (χ0n) is 21.1. The van der Waals surface area contributed by atoms with Gasteiger partial charge in [-0.1, -0.05) is 51.7 Å². The molecule has 0 N–H and O–H groups in total. The van der Waals surface area contributed by atoms with Crippen molar-refractivity contribution in [3.05, 3.63) is 53.1 Å². The first kappa shape index (κ1) is 24.4. The number of carbonyl (C=O) groups excluding carboxylic acids is 1. The van der Waals surface area contributed by atoms with Crippen molar-refractivity contribution in [3.8, 4) is 17.2 Å². The van der Waals surface area contributed by atoms with E-state index >= 15 is 0 Å². The molecule has 1 atom stereocenters. The van der Waals surface area contributed by atoms with Gasteiger partial charge in [-0.25, -0.2) is 0 Å². The van der Waals surface area contributed by atoms with E-state index in [1.165, 1.54) is 36.8 Å². The minimum atomic E-state index is -0.149. The average Bonchev–Trinajstić information content (AvgIpc) is 3.38. The van der Waals surface area contributed by atoms with Crippen molar-refractivity contribution in [2.45, 2.75) is 70.8 Å². The maximum Gasteiger partial charge on any atom is 0.223 e. The fourth-order valence-corrected chi connectivity index (χ4v) is 5.40. The maximum atomic E-state index is 13.4. The SMILES string of the molecule is COc1cc2c(cc1OC)C(COc1ccc(C(C)C)cc1)N(C(=O)CCC1CCCC1)CC2. The fraction of sp³-hybridized carbons (Fsp3) is 0.552. The van der Waals surface area contributed by atoms with E-state index in [4.69, 9.17) is 14.2 Å². The Bertz CT molecular complexity index is 963. The van der Waals surface area contributed by atoms with E-state index in [2.05, 4.69) is 32.0 Å². The van der Waals surface area contributed by atoms with Crippen LogP contribution in [-0.2, 0) is 11.2 Å². The molecular formula is C29H39NO4. The lowest BCUT2D eigenvalue weighted by molar-refractivity contribution is -0.135. The number of ether oxygens (including phenoxy) is 3. The number of hydrogen-bond acceptors (Lipinski definition) is 4. The van der Waals surface area contributed by atoms with Crippen LogP contribution in [0.25, 0.3) is 0 Å². The number of benzene rings is 2. The van der Waals surface area contributed by atoms with E-state index in [0.717, 1.165) is 29.9 Å². The van der Waals surface area contributed by atoms with Gasteiger partial charge in [0.25, 0.3) is 0 Å². The molecule has 0 radical (unpaired) electrons. The van der Waals surface area contributed by atoms with Gasteiger partial charge in [-0.2, -0.15) is 0 Å². The predicted octanol–water partition coefficient (Wildman–Crippen LogP) is 6.30. The summed E-state index contributed by atoms with van der Waals surface area (Å²) in [7, 11) is 3.31. The lowest BCUT2D eigenvalue weighted by Crippen LogP contribution is -2.42. The second kappa shape index (κ2) is 11.2. The molecule has 34 heavy (non-hydrogen) atoms. The van der Waals surface area contributed by atoms with Crippen molar-refractivity contribution in [2.24, 2.45) is 5.92 Å². The quantitative estimate of drug-likeness (QED) is 0.436. The highest BCUT2D eigenvalue weighted by Crippen LogP contribution is 2.39. The molecule has 2 aromatic rings. The van der Waals surface area contributed by atoms with Gasteiger partial charge in [0.1, 0.15) is 12.4 Å². The van der Waals surface area contributed by atoms with E-state index in [1.54, 1.807) is 14.2 Å². The van der Waals surface area contributed by atoms with Crippen LogP contribution >= 0.6 is 0 Å². The van der Waals surface area contributed by atoms with E-state index in [9.17, 15) is 4.79 Å². The maximum absolute atomic E-state index is 13.4. The highest BCUT2D eigenvalue weighted by atomic mass is 16.5. The molecule has 4 rings (SSSR count). The molecule has 1 aliphatic carbocycles. The summed E-state index contributed by atoms with van der Waals surface area (Å²) in [5, 5.41) is 0. The third-order valence-corrected chi connectivity index (χ3v) is 7.52. The summed E-state index contributed by atoms with van der Waals surface area (Å²) in [6.07, 6.45) is 7.58. The predicted molar refractivity (Wildman–Crippen MR) is 135 cm³/mol. The van der Waals surface area contributed by atoms with Gasteiger partial charge in [-0.05, 0) is 65.6 Å². The lowest BCUT2D eigenvalue weighted by Gasteiger charge is -2.38. The van der Waals surface area contributed by atoms with Crippen LogP contribution < -0.4 is 14.2 Å². The third kappa shape index (κ3) is 5.51. The van der Waals surface area contributed by atoms with Gasteiger partial charge in [-0.15, -0.1) is 0 Å². The van der Waals surface area contributed by atoms with Crippen molar-refractivity contribution < 1.29 is 19.0 Å². The average molecular weight is 466 g/mol. The first-order valence-corrected chi connectivity index (χ1v) is 12.8. The lowest BCUT2D eigenvalue weighted by atomic mass is 9.91. The van der Waals surface area contributed by atoms with Crippen LogP contribution in [0.4, 0.5) is 0 Å². The number of amides is 1. The number of carbonyl (C=O) groups is 1. The summed E-state index contributed by atoms with van der Waals surface area (Å²) in [6, 6.07) is 12.2. The Morgan fingerprint density at radius 2 is 1.71 bits per heavy atom. The van der Waals surface area contributed by atoms with E-state index in [0.29, 0.717) is 37.2 Å². The standard InChI is InChI=1S/C29H39NO4/c1-20(2)22-10-12-24(13-11-22)34-19-26-25-18-28(33-4)27(32-3)17-23(25)15-16-30(26)29(31)14-9-21-7-5-6-8-21/h10-13,17-18,20-21,26H,5-9,14-16,19H2,1-4H3. The molecule has 1 saturated carbocycles. The highest BCUT2D eigenvalue weighted by Gasteiger charge is 2.33. The molecule has 0 aromatic heterocycles.